The summed E-state index contributed by atoms with van der Waals surface area (Å²) in [6.45, 7) is 7.83. The lowest BCUT2D eigenvalue weighted by Gasteiger charge is -2.33. The Balaban J connectivity index is 2.45. The van der Waals surface area contributed by atoms with Crippen molar-refractivity contribution in [2.24, 2.45) is 11.8 Å². The summed E-state index contributed by atoms with van der Waals surface area (Å²) in [7, 11) is 1.47. The highest BCUT2D eigenvalue weighted by Gasteiger charge is 2.45. The van der Waals surface area contributed by atoms with Crippen LogP contribution in [0.5, 0.6) is 5.75 Å². The molecule has 68 heavy (non-hydrogen) atoms. The number of carbonyl (C=O) groups excluding carboxylic acids is 9. The maximum atomic E-state index is 14.6. The largest absolute Gasteiger partial charge is 0.497 e. The summed E-state index contributed by atoms with van der Waals surface area (Å²) in [5.41, 5.74) is 0.375. The van der Waals surface area contributed by atoms with Gasteiger partial charge in [-0.2, -0.15) is 0 Å². The minimum Gasteiger partial charge on any atom is -0.497 e. The third-order valence-corrected chi connectivity index (χ3v) is 10.5. The highest BCUT2D eigenvalue weighted by Crippen LogP contribution is 2.23. The third-order valence-electron chi connectivity index (χ3n) is 10.5. The maximum absolute atomic E-state index is 14.6. The number of hydrogen-bond donors (Lipinski definition) is 11. The number of ether oxygens (including phenoxy) is 1. The predicted molar refractivity (Wildman–Crippen MR) is 238 cm³/mol. The topological polar surface area (TPSA) is 374 Å². The molecule has 0 unspecified atom stereocenters. The monoisotopic (exact) mass is 961 g/mol. The van der Waals surface area contributed by atoms with Crippen LogP contribution >= 0.6 is 0 Å². The van der Waals surface area contributed by atoms with Crippen LogP contribution in [-0.2, 0) is 52.7 Å². The summed E-state index contributed by atoms with van der Waals surface area (Å²) in [5.74, 6) is -12.7. The van der Waals surface area contributed by atoms with E-state index < -0.39 is 151 Å². The minimum absolute atomic E-state index is 0.0495. The number of Topliss-reactive ketones (excluding diaryl/α,β-unsaturated/α-hetero) is 1. The van der Waals surface area contributed by atoms with Crippen LogP contribution in [0.4, 0.5) is 10.5 Å². The maximum Gasteiger partial charge on any atom is 0.322 e. The molecule has 2 rings (SSSR count). The SMILES string of the molecule is CCC[C@H](NC(=O)[C@@H]1C[C@@H](NC(=O)Nc2ccc(OC)cc2)CN1C(=O)[C@@H](NC(=O)[C@@H](NC(=O)[C@H](CCC(=O)O)NC(=O)[C@H](CCC(=O)O)NC(C)=O)C(C)C)C(C)C)C(=O)C(=O)NCC(=O)O. The number of carboxylic acid groups (broad SMARTS) is 3. The Bertz CT molecular complexity index is 2030. The number of nitrogens with zero attached hydrogens (tertiary/aromatic N) is 1. The van der Waals surface area contributed by atoms with E-state index in [-0.39, 0.29) is 32.2 Å². The lowest BCUT2D eigenvalue weighted by Crippen LogP contribution is -2.61. The number of methoxy groups -OCH3 is 1. The van der Waals surface area contributed by atoms with Crippen molar-refractivity contribution in [3.8, 4) is 5.75 Å². The van der Waals surface area contributed by atoms with Crippen molar-refractivity contribution in [3.05, 3.63) is 24.3 Å². The quantitative estimate of drug-likeness (QED) is 0.0464. The van der Waals surface area contributed by atoms with Gasteiger partial charge in [0.25, 0.3) is 5.91 Å². The molecule has 376 valence electrons. The van der Waals surface area contributed by atoms with Crippen LogP contribution in [0.2, 0.25) is 0 Å². The Morgan fingerprint density at radius 2 is 1.24 bits per heavy atom. The van der Waals surface area contributed by atoms with Gasteiger partial charge in [-0.15, -0.1) is 0 Å². The molecule has 25 heteroatoms. The highest BCUT2D eigenvalue weighted by atomic mass is 16.5. The van der Waals surface area contributed by atoms with Gasteiger partial charge in [0.15, 0.2) is 0 Å². The van der Waals surface area contributed by atoms with Crippen molar-refractivity contribution in [2.45, 2.75) is 129 Å². The number of rotatable bonds is 27. The number of benzene rings is 1. The van der Waals surface area contributed by atoms with Crippen LogP contribution in [0.25, 0.3) is 0 Å². The molecule has 1 aromatic rings. The van der Waals surface area contributed by atoms with Gasteiger partial charge >= 0.3 is 23.9 Å². The van der Waals surface area contributed by atoms with Gasteiger partial charge in [0.1, 0.15) is 42.5 Å². The number of likely N-dealkylation sites (tertiary alicyclic amines) is 1. The first-order valence-corrected chi connectivity index (χ1v) is 21.9. The summed E-state index contributed by atoms with van der Waals surface area (Å²) in [6.07, 6.45) is -1.99. The Kier molecular flexibility index (Phi) is 22.8. The zero-order valence-corrected chi connectivity index (χ0v) is 39.0. The van der Waals surface area contributed by atoms with Crippen molar-refractivity contribution >= 4 is 76.8 Å². The molecule has 0 aromatic heterocycles. The van der Waals surface area contributed by atoms with Crippen LogP contribution < -0.4 is 47.3 Å². The first-order chi connectivity index (χ1) is 31.9. The first kappa shape index (κ1) is 56.8. The fourth-order valence-electron chi connectivity index (χ4n) is 7.00. The van der Waals surface area contributed by atoms with Crippen LogP contribution in [-0.4, -0.2) is 154 Å². The van der Waals surface area contributed by atoms with Crippen molar-refractivity contribution in [1.82, 2.24) is 42.1 Å². The second-order valence-corrected chi connectivity index (χ2v) is 16.7. The number of anilines is 1. The number of amides is 9. The summed E-state index contributed by atoms with van der Waals surface area (Å²) < 4.78 is 5.14. The lowest BCUT2D eigenvalue weighted by atomic mass is 9.98. The number of nitrogens with one attached hydrogen (secondary N) is 8. The van der Waals surface area contributed by atoms with E-state index >= 15 is 0 Å². The zero-order chi connectivity index (χ0) is 51.4. The van der Waals surface area contributed by atoms with Crippen molar-refractivity contribution in [1.29, 1.82) is 0 Å². The molecule has 0 radical (unpaired) electrons. The number of hydrogen-bond acceptors (Lipinski definition) is 13. The van der Waals surface area contributed by atoms with Crippen LogP contribution in [0.3, 0.4) is 0 Å². The van der Waals surface area contributed by atoms with E-state index in [2.05, 4.69) is 37.2 Å². The summed E-state index contributed by atoms with van der Waals surface area (Å²) >= 11 is 0. The smallest absolute Gasteiger partial charge is 0.322 e. The zero-order valence-electron chi connectivity index (χ0n) is 39.0. The summed E-state index contributed by atoms with van der Waals surface area (Å²) in [6, 6.07) is -3.96. The second kappa shape index (κ2) is 27.3. The number of carboxylic acids is 3. The van der Waals surface area contributed by atoms with Crippen molar-refractivity contribution < 1.29 is 77.6 Å². The average Bonchev–Trinajstić information content (AvgIpc) is 3.69. The van der Waals surface area contributed by atoms with E-state index in [0.29, 0.717) is 11.4 Å². The van der Waals surface area contributed by atoms with Gasteiger partial charge in [-0.1, -0.05) is 41.0 Å². The fourth-order valence-corrected chi connectivity index (χ4v) is 7.00. The standard InChI is InChI=1S/C43H63N9O16/c1-8-9-27(36(60)41(65)44-19-33(58)59)48-39(63)30-18-25(47-43(67)46-24-10-12-26(68-7)13-11-24)20-52(30)42(66)35(22(4)5)51-40(64)34(21(2)3)50-38(62)29(15-17-32(56)57)49-37(61)28(45-23(6)53)14-16-31(54)55/h10-13,21-22,25,27-30,34-35H,8-9,14-20H2,1-7H3,(H,44,65)(H,45,53)(H,48,63)(H,49,61)(H,50,62)(H,51,64)(H,54,55)(H,56,57)(H,58,59)(H2,46,47,67)/t25-,27+,28+,29+,30+,34+,35+/m1/s1. The molecule has 0 saturated carbocycles. The van der Waals surface area contributed by atoms with E-state index in [1.165, 1.54) is 7.11 Å². The molecule has 1 saturated heterocycles. The average molecular weight is 962 g/mol. The van der Waals surface area contributed by atoms with E-state index in [1.807, 2.05) is 5.32 Å². The molecule has 1 aliphatic rings. The van der Waals surface area contributed by atoms with Crippen LogP contribution in [0.15, 0.2) is 24.3 Å². The van der Waals surface area contributed by atoms with Crippen molar-refractivity contribution in [2.75, 3.05) is 25.5 Å². The van der Waals surface area contributed by atoms with Crippen LogP contribution in [0.1, 0.15) is 86.5 Å². The molecule has 25 nitrogen and oxygen atoms in total. The lowest BCUT2D eigenvalue weighted by molar-refractivity contribution is -0.145. The molecule has 0 bridgehead atoms. The molecule has 0 spiro atoms. The molecular formula is C43H63N9O16. The minimum atomic E-state index is -1.60. The van der Waals surface area contributed by atoms with Crippen molar-refractivity contribution in [3.63, 3.8) is 0 Å². The summed E-state index contributed by atoms with van der Waals surface area (Å²) in [5, 5.41) is 47.0. The Morgan fingerprint density at radius 1 is 0.691 bits per heavy atom. The molecule has 1 aliphatic heterocycles. The van der Waals surface area contributed by atoms with E-state index in [1.54, 1.807) is 58.9 Å². The number of ketones is 1. The van der Waals surface area contributed by atoms with Gasteiger partial charge in [0.2, 0.25) is 41.2 Å². The van der Waals surface area contributed by atoms with Gasteiger partial charge in [-0.25, -0.2) is 4.79 Å². The molecule has 9 amide bonds. The van der Waals surface area contributed by atoms with Gasteiger partial charge < -0.3 is 67.5 Å². The summed E-state index contributed by atoms with van der Waals surface area (Å²) in [4.78, 5) is 155. The van der Waals surface area contributed by atoms with Gasteiger partial charge in [0, 0.05) is 32.0 Å². The fraction of sp³-hybridized carbons (Fsp3) is 0.581. The Labute approximate surface area is 392 Å². The number of carbonyl (C=O) groups is 12. The van der Waals surface area contributed by atoms with Gasteiger partial charge in [-0.05, 0) is 61.8 Å². The molecule has 1 heterocycles. The molecule has 1 fully saturated rings. The third kappa shape index (κ3) is 18.5. The highest BCUT2D eigenvalue weighted by molar-refractivity contribution is 6.38. The first-order valence-electron chi connectivity index (χ1n) is 21.9. The predicted octanol–water partition coefficient (Wildman–Crippen LogP) is -1.16. The Hall–Kier alpha value is -7.34. The van der Waals surface area contributed by atoms with E-state index in [0.717, 1.165) is 11.8 Å². The van der Waals surface area contributed by atoms with E-state index in [9.17, 15) is 62.6 Å². The van der Waals surface area contributed by atoms with Gasteiger partial charge in [-0.3, -0.25) is 52.7 Å². The number of aliphatic carboxylic acids is 3. The normalized spacial score (nSPS) is 16.4. The molecule has 0 aliphatic carbocycles. The van der Waals surface area contributed by atoms with Crippen LogP contribution in [0, 0.1) is 11.8 Å². The molecule has 1 aromatic carbocycles. The number of urea groups is 1. The molecule has 11 N–H and O–H groups in total. The second-order valence-electron chi connectivity index (χ2n) is 16.7. The molecular weight excluding hydrogens is 899 g/mol. The molecule has 7 atom stereocenters. The Morgan fingerprint density at radius 3 is 1.74 bits per heavy atom. The van der Waals surface area contributed by atoms with E-state index in [4.69, 9.17) is 14.9 Å². The van der Waals surface area contributed by atoms with Gasteiger partial charge in [0.05, 0.1) is 19.2 Å².